The molecule has 0 atom stereocenters. The number of hydrogen-bond donors (Lipinski definition) is 1. The van der Waals surface area contributed by atoms with Crippen molar-refractivity contribution in [3.05, 3.63) is 17.3 Å². The molecule has 1 aliphatic rings. The molecule has 1 fully saturated rings. The number of fused-ring (bicyclic) bond motifs is 1. The Morgan fingerprint density at radius 1 is 1.21 bits per heavy atom. The number of rotatable bonds is 1. The molecule has 3 heterocycles. The van der Waals surface area contributed by atoms with Crippen molar-refractivity contribution < 1.29 is 5.32 Å². The number of aromatic nitrogens is 2. The predicted molar refractivity (Wildman–Crippen MR) is 80.0 cm³/mol. The van der Waals surface area contributed by atoms with Gasteiger partial charge in [-0.05, 0) is 11.5 Å². The zero-order valence-electron chi connectivity index (χ0n) is 11.8. The number of thiophene rings is 1. The van der Waals surface area contributed by atoms with Crippen LogP contribution in [0.3, 0.4) is 0 Å². The van der Waals surface area contributed by atoms with Gasteiger partial charge < -0.3 is 10.2 Å². The molecule has 2 N–H and O–H groups in total. The fraction of sp³-hybridized carbons (Fsp3) is 0.571. The van der Waals surface area contributed by atoms with E-state index in [0.29, 0.717) is 0 Å². The first-order chi connectivity index (χ1) is 9.05. The summed E-state index contributed by atoms with van der Waals surface area (Å²) in [6.45, 7) is 11.2. The van der Waals surface area contributed by atoms with Crippen LogP contribution in [0.4, 0.5) is 5.82 Å². The second-order valence-electron chi connectivity index (χ2n) is 6.13. The van der Waals surface area contributed by atoms with Crippen LogP contribution in [0, 0.1) is 0 Å². The smallest absolute Gasteiger partial charge is 0.150 e. The molecule has 0 aliphatic carbocycles. The van der Waals surface area contributed by atoms with E-state index < -0.39 is 0 Å². The Hall–Kier alpha value is -1.20. The van der Waals surface area contributed by atoms with Gasteiger partial charge in [0.05, 0.1) is 36.4 Å². The molecule has 19 heavy (non-hydrogen) atoms. The van der Waals surface area contributed by atoms with E-state index >= 15 is 0 Å². The lowest BCUT2D eigenvalue weighted by atomic mass is 9.95. The maximum absolute atomic E-state index is 4.54. The van der Waals surface area contributed by atoms with E-state index in [2.05, 4.69) is 47.0 Å². The third-order valence-corrected chi connectivity index (χ3v) is 5.08. The van der Waals surface area contributed by atoms with Crippen molar-refractivity contribution in [1.29, 1.82) is 0 Å². The first kappa shape index (κ1) is 12.8. The lowest BCUT2D eigenvalue weighted by molar-refractivity contribution is -0.655. The van der Waals surface area contributed by atoms with Crippen LogP contribution in [0.15, 0.2) is 12.4 Å². The average molecular weight is 277 g/mol. The van der Waals surface area contributed by atoms with Gasteiger partial charge in [-0.3, -0.25) is 0 Å². The first-order valence-electron chi connectivity index (χ1n) is 6.87. The molecule has 1 saturated heterocycles. The van der Waals surface area contributed by atoms with Gasteiger partial charge in [-0.15, -0.1) is 11.3 Å². The molecule has 0 bridgehead atoms. The van der Waals surface area contributed by atoms with E-state index in [0.717, 1.165) is 37.5 Å². The molecule has 3 rings (SSSR count). The molecule has 0 unspecified atom stereocenters. The Bertz CT molecular complexity index is 579. The van der Waals surface area contributed by atoms with Gasteiger partial charge in [0.25, 0.3) is 0 Å². The highest BCUT2D eigenvalue weighted by Gasteiger charge is 2.22. The molecule has 1 aliphatic heterocycles. The van der Waals surface area contributed by atoms with Crippen LogP contribution in [0.1, 0.15) is 25.6 Å². The Morgan fingerprint density at radius 3 is 2.63 bits per heavy atom. The van der Waals surface area contributed by atoms with Crippen molar-refractivity contribution in [3.8, 4) is 0 Å². The highest BCUT2D eigenvalue weighted by molar-refractivity contribution is 7.19. The number of quaternary nitrogens is 1. The van der Waals surface area contributed by atoms with Crippen molar-refractivity contribution >= 4 is 27.4 Å². The molecule has 2 aromatic heterocycles. The number of piperazine rings is 1. The largest absolute Gasteiger partial charge is 0.344 e. The molecular formula is C14H21N4S+. The van der Waals surface area contributed by atoms with Gasteiger partial charge >= 0.3 is 0 Å². The van der Waals surface area contributed by atoms with Gasteiger partial charge in [-0.2, -0.15) is 0 Å². The second kappa shape index (κ2) is 4.72. The summed E-state index contributed by atoms with van der Waals surface area (Å²) < 4.78 is 1.24. The van der Waals surface area contributed by atoms with Crippen molar-refractivity contribution in [2.24, 2.45) is 0 Å². The second-order valence-corrected chi connectivity index (χ2v) is 7.18. The average Bonchev–Trinajstić information content (AvgIpc) is 2.83. The minimum atomic E-state index is 0.179. The van der Waals surface area contributed by atoms with Gasteiger partial charge in [0.2, 0.25) is 0 Å². The predicted octanol–water partition coefficient (Wildman–Crippen LogP) is 1.37. The van der Waals surface area contributed by atoms with Crippen molar-refractivity contribution in [2.75, 3.05) is 31.1 Å². The van der Waals surface area contributed by atoms with E-state index in [-0.39, 0.29) is 5.41 Å². The maximum atomic E-state index is 4.54. The van der Waals surface area contributed by atoms with Crippen LogP contribution in [0.25, 0.3) is 10.2 Å². The monoisotopic (exact) mass is 277 g/mol. The molecule has 0 radical (unpaired) electrons. The van der Waals surface area contributed by atoms with E-state index in [9.17, 15) is 0 Å². The summed E-state index contributed by atoms with van der Waals surface area (Å²) in [6, 6.07) is 2.22. The van der Waals surface area contributed by atoms with Crippen molar-refractivity contribution in [3.63, 3.8) is 0 Å². The van der Waals surface area contributed by atoms with E-state index in [4.69, 9.17) is 0 Å². The van der Waals surface area contributed by atoms with Gasteiger partial charge in [0.15, 0.2) is 0 Å². The summed E-state index contributed by atoms with van der Waals surface area (Å²) in [6.07, 6.45) is 1.70. The van der Waals surface area contributed by atoms with Crippen LogP contribution in [0.5, 0.6) is 0 Å². The van der Waals surface area contributed by atoms with Gasteiger partial charge in [-0.25, -0.2) is 9.97 Å². The summed E-state index contributed by atoms with van der Waals surface area (Å²) in [7, 11) is 0. The standard InChI is InChI=1S/C14H20N4S/c1-14(2,3)11-8-10-12(19-11)13(17-9-16-10)18-6-4-15-5-7-18/h8-9,15H,4-7H2,1-3H3/p+1. The molecule has 0 saturated carbocycles. The minimum absolute atomic E-state index is 0.179. The summed E-state index contributed by atoms with van der Waals surface area (Å²) in [4.78, 5) is 12.8. The zero-order valence-corrected chi connectivity index (χ0v) is 12.6. The van der Waals surface area contributed by atoms with Crippen LogP contribution >= 0.6 is 11.3 Å². The normalized spacial score (nSPS) is 17.1. The Kier molecular flexibility index (Phi) is 3.19. The minimum Gasteiger partial charge on any atom is -0.344 e. The van der Waals surface area contributed by atoms with Crippen molar-refractivity contribution in [2.45, 2.75) is 26.2 Å². The highest BCUT2D eigenvalue weighted by atomic mass is 32.1. The third-order valence-electron chi connectivity index (χ3n) is 3.54. The number of hydrogen-bond acceptors (Lipinski definition) is 4. The van der Waals surface area contributed by atoms with Crippen LogP contribution in [-0.4, -0.2) is 36.1 Å². The molecule has 0 amide bonds. The molecule has 2 aromatic rings. The molecule has 0 spiro atoms. The van der Waals surface area contributed by atoms with E-state index in [1.165, 1.54) is 9.58 Å². The fourth-order valence-electron chi connectivity index (χ4n) is 2.40. The number of anilines is 1. The third kappa shape index (κ3) is 2.44. The van der Waals surface area contributed by atoms with Crippen LogP contribution in [0.2, 0.25) is 0 Å². The zero-order chi connectivity index (χ0) is 13.5. The molecule has 0 aromatic carbocycles. The van der Waals surface area contributed by atoms with E-state index in [1.807, 2.05) is 11.3 Å². The maximum Gasteiger partial charge on any atom is 0.150 e. The number of nitrogens with zero attached hydrogens (tertiary/aromatic N) is 3. The molecular weight excluding hydrogens is 256 g/mol. The Morgan fingerprint density at radius 2 is 1.95 bits per heavy atom. The molecule has 4 nitrogen and oxygen atoms in total. The summed E-state index contributed by atoms with van der Waals surface area (Å²) in [5.74, 6) is 1.12. The number of nitrogens with two attached hydrogens (primary N) is 1. The van der Waals surface area contributed by atoms with E-state index in [1.54, 1.807) is 6.33 Å². The topological polar surface area (TPSA) is 45.6 Å². The lowest BCUT2D eigenvalue weighted by Gasteiger charge is -2.26. The van der Waals surface area contributed by atoms with Gasteiger partial charge in [-0.1, -0.05) is 20.8 Å². The molecule has 5 heteroatoms. The van der Waals surface area contributed by atoms with Crippen LogP contribution < -0.4 is 10.2 Å². The van der Waals surface area contributed by atoms with Crippen molar-refractivity contribution in [1.82, 2.24) is 9.97 Å². The quantitative estimate of drug-likeness (QED) is 0.856. The Labute approximate surface area is 117 Å². The van der Waals surface area contributed by atoms with Gasteiger partial charge in [0, 0.05) is 4.88 Å². The summed E-state index contributed by atoms with van der Waals surface area (Å²) >= 11 is 1.85. The first-order valence-corrected chi connectivity index (χ1v) is 7.69. The van der Waals surface area contributed by atoms with Gasteiger partial charge in [0.1, 0.15) is 12.1 Å². The summed E-state index contributed by atoms with van der Waals surface area (Å²) in [5, 5.41) is 2.36. The Balaban J connectivity index is 2.07. The van der Waals surface area contributed by atoms with Crippen LogP contribution in [-0.2, 0) is 5.41 Å². The SMILES string of the molecule is CC(C)(C)c1cc2ncnc(N3CC[NH2+]CC3)c2s1. The highest BCUT2D eigenvalue weighted by Crippen LogP contribution is 2.37. The lowest BCUT2D eigenvalue weighted by Crippen LogP contribution is -2.89. The molecule has 102 valence electrons. The summed E-state index contributed by atoms with van der Waals surface area (Å²) in [5.41, 5.74) is 1.27. The fourth-order valence-corrected chi connectivity index (χ4v) is 3.58.